The summed E-state index contributed by atoms with van der Waals surface area (Å²) in [6.45, 7) is 0. The molecule has 4 aromatic rings. The normalized spacial score (nSPS) is 24.2. The van der Waals surface area contributed by atoms with Crippen LogP contribution in [0.3, 0.4) is 0 Å². The minimum absolute atomic E-state index is 0.129. The van der Waals surface area contributed by atoms with Gasteiger partial charge in [-0.1, -0.05) is 66.7 Å². The van der Waals surface area contributed by atoms with Gasteiger partial charge in [-0.15, -0.1) is 0 Å². The van der Waals surface area contributed by atoms with Crippen molar-refractivity contribution in [3.8, 4) is 0 Å². The number of fused-ring (bicyclic) bond motifs is 6. The third-order valence-electron chi connectivity index (χ3n) is 8.15. The first kappa shape index (κ1) is 23.2. The van der Waals surface area contributed by atoms with E-state index in [0.29, 0.717) is 16.9 Å². The van der Waals surface area contributed by atoms with Gasteiger partial charge < -0.3 is 10.2 Å². The van der Waals surface area contributed by atoms with E-state index in [2.05, 4.69) is 10.3 Å². The molecule has 0 radical (unpaired) electrons. The second-order valence-corrected chi connectivity index (χ2v) is 9.98. The first-order valence-electron chi connectivity index (χ1n) is 12.7. The van der Waals surface area contributed by atoms with Crippen molar-refractivity contribution >= 4 is 34.9 Å². The number of para-hydroxylation sites is 2. The Hall–Kier alpha value is -4.91. The van der Waals surface area contributed by atoms with Crippen LogP contribution in [0.5, 0.6) is 0 Å². The summed E-state index contributed by atoms with van der Waals surface area (Å²) in [6, 6.07) is 23.6. The summed E-state index contributed by atoms with van der Waals surface area (Å²) in [5, 5.41) is 2.98. The molecule has 0 unspecified atom stereocenters. The third-order valence-corrected chi connectivity index (χ3v) is 8.15. The molecular formula is C32H22FN3O3. The zero-order valence-electron chi connectivity index (χ0n) is 20.6. The molecule has 3 aliphatic heterocycles. The summed E-state index contributed by atoms with van der Waals surface area (Å²) in [5.41, 5.74) is 1.32. The van der Waals surface area contributed by atoms with Crippen molar-refractivity contribution in [2.45, 2.75) is 17.5 Å². The third kappa shape index (κ3) is 3.13. The molecule has 1 saturated heterocycles. The van der Waals surface area contributed by atoms with Gasteiger partial charge in [-0.2, -0.15) is 0 Å². The maximum atomic E-state index is 15.1. The van der Waals surface area contributed by atoms with E-state index in [-0.39, 0.29) is 17.2 Å². The van der Waals surface area contributed by atoms with Crippen molar-refractivity contribution in [1.82, 2.24) is 4.98 Å². The predicted octanol–water partition coefficient (Wildman–Crippen LogP) is 5.08. The lowest BCUT2D eigenvalue weighted by Crippen LogP contribution is -2.51. The molecule has 1 fully saturated rings. The van der Waals surface area contributed by atoms with Crippen LogP contribution < -0.4 is 10.2 Å². The molecule has 1 aromatic heterocycles. The molecule has 3 aromatic carbocycles. The smallest absolute Gasteiger partial charge is 0.238 e. The van der Waals surface area contributed by atoms with E-state index in [9.17, 15) is 14.4 Å². The second-order valence-electron chi connectivity index (χ2n) is 9.98. The van der Waals surface area contributed by atoms with Gasteiger partial charge in [0, 0.05) is 17.6 Å². The molecule has 0 aliphatic carbocycles. The van der Waals surface area contributed by atoms with Gasteiger partial charge in [-0.25, -0.2) is 4.39 Å². The van der Waals surface area contributed by atoms with Gasteiger partial charge in [0.15, 0.2) is 11.6 Å². The SMILES string of the molecule is O=C(c1ccccc1F)[C@@H]1[C@@H](C(=O)c2ccccn2)[C@]2(C(=O)Nc3ccccc32)[C@H]2C=Cc3ccccc3N12. The molecule has 1 N–H and O–H groups in total. The highest BCUT2D eigenvalue weighted by Crippen LogP contribution is 2.58. The number of carbonyl (C=O) groups excluding carboxylic acids is 3. The number of hydrogen-bond acceptors (Lipinski definition) is 5. The number of anilines is 2. The van der Waals surface area contributed by atoms with Gasteiger partial charge in [0.05, 0.1) is 17.5 Å². The molecule has 190 valence electrons. The lowest BCUT2D eigenvalue weighted by Gasteiger charge is -2.37. The number of Topliss-reactive ketones (excluding diaryl/α,β-unsaturated/α-hetero) is 2. The summed E-state index contributed by atoms with van der Waals surface area (Å²) in [6.07, 6.45) is 5.32. The second kappa shape index (κ2) is 8.56. The molecule has 1 amide bonds. The first-order valence-corrected chi connectivity index (χ1v) is 12.7. The fourth-order valence-electron chi connectivity index (χ4n) is 6.61. The quantitative estimate of drug-likeness (QED) is 0.384. The van der Waals surface area contributed by atoms with E-state index < -0.39 is 40.8 Å². The minimum atomic E-state index is -1.46. The maximum Gasteiger partial charge on any atom is 0.238 e. The largest absolute Gasteiger partial charge is 0.352 e. The van der Waals surface area contributed by atoms with E-state index in [4.69, 9.17) is 0 Å². The number of rotatable bonds is 4. The van der Waals surface area contributed by atoms with Gasteiger partial charge in [-0.05, 0) is 47.5 Å². The van der Waals surface area contributed by atoms with Gasteiger partial charge >= 0.3 is 0 Å². The van der Waals surface area contributed by atoms with E-state index in [1.807, 2.05) is 59.5 Å². The topological polar surface area (TPSA) is 79.4 Å². The van der Waals surface area contributed by atoms with Crippen LogP contribution >= 0.6 is 0 Å². The number of nitrogens with one attached hydrogen (secondary N) is 1. The summed E-state index contributed by atoms with van der Waals surface area (Å²) in [5.74, 6) is -3.25. The summed E-state index contributed by atoms with van der Waals surface area (Å²) in [7, 11) is 0. The van der Waals surface area contributed by atoms with E-state index in [0.717, 1.165) is 5.56 Å². The molecule has 0 saturated carbocycles. The van der Waals surface area contributed by atoms with Gasteiger partial charge in [-0.3, -0.25) is 19.4 Å². The fourth-order valence-corrected chi connectivity index (χ4v) is 6.61. The molecule has 1 spiro atoms. The molecule has 4 heterocycles. The highest BCUT2D eigenvalue weighted by Gasteiger charge is 2.70. The lowest BCUT2D eigenvalue weighted by atomic mass is 9.64. The minimum Gasteiger partial charge on any atom is -0.352 e. The Balaban J connectivity index is 1.55. The number of benzene rings is 3. The van der Waals surface area contributed by atoms with Gasteiger partial charge in [0.1, 0.15) is 23.0 Å². The van der Waals surface area contributed by atoms with Crippen LogP contribution in [-0.4, -0.2) is 34.5 Å². The fraction of sp³-hybridized carbons (Fsp3) is 0.125. The van der Waals surface area contributed by atoms with Crippen molar-refractivity contribution in [3.05, 3.63) is 131 Å². The number of nitrogens with zero attached hydrogens (tertiary/aromatic N) is 2. The van der Waals surface area contributed by atoms with Crippen molar-refractivity contribution in [2.24, 2.45) is 5.92 Å². The van der Waals surface area contributed by atoms with Crippen molar-refractivity contribution in [1.29, 1.82) is 0 Å². The van der Waals surface area contributed by atoms with Gasteiger partial charge in [0.25, 0.3) is 0 Å². The van der Waals surface area contributed by atoms with Crippen LogP contribution in [0.25, 0.3) is 6.08 Å². The summed E-state index contributed by atoms with van der Waals surface area (Å²) in [4.78, 5) is 49.3. The number of pyridine rings is 1. The predicted molar refractivity (Wildman–Crippen MR) is 145 cm³/mol. The molecule has 6 nitrogen and oxygen atoms in total. The Morgan fingerprint density at radius 1 is 0.872 bits per heavy atom. The molecule has 7 rings (SSSR count). The average molecular weight is 516 g/mol. The van der Waals surface area contributed by atoms with E-state index >= 15 is 4.39 Å². The van der Waals surface area contributed by atoms with Gasteiger partial charge in [0.2, 0.25) is 5.91 Å². The Labute approximate surface area is 223 Å². The number of amides is 1. The molecule has 4 atom stereocenters. The molecular weight excluding hydrogens is 493 g/mol. The van der Waals surface area contributed by atoms with Crippen LogP contribution in [0.2, 0.25) is 0 Å². The van der Waals surface area contributed by atoms with Crippen LogP contribution in [0.1, 0.15) is 32.0 Å². The Morgan fingerprint density at radius 2 is 1.62 bits per heavy atom. The Bertz CT molecular complexity index is 1700. The van der Waals surface area contributed by atoms with Crippen molar-refractivity contribution in [3.63, 3.8) is 0 Å². The summed E-state index contributed by atoms with van der Waals surface area (Å²) >= 11 is 0. The van der Waals surface area contributed by atoms with Crippen molar-refractivity contribution < 1.29 is 18.8 Å². The number of halogens is 1. The number of carbonyl (C=O) groups is 3. The Morgan fingerprint density at radius 3 is 2.44 bits per heavy atom. The lowest BCUT2D eigenvalue weighted by molar-refractivity contribution is -0.121. The number of ketones is 2. The molecule has 39 heavy (non-hydrogen) atoms. The average Bonchev–Trinajstić information content (AvgIpc) is 3.45. The monoisotopic (exact) mass is 515 g/mol. The van der Waals surface area contributed by atoms with Crippen molar-refractivity contribution in [2.75, 3.05) is 10.2 Å². The standard InChI is InChI=1S/C32H22FN3O3/c33-22-12-4-2-10-20(22)29(37)28-27(30(38)24-14-7-8-18-34-24)32(21-11-3-5-13-23(21)35-31(32)39)26-17-16-19-9-1-6-15-25(19)36(26)28/h1-18,26-28H,(H,35,39)/t26-,27+,28+,32-/m1/s1. The van der Waals surface area contributed by atoms with E-state index in [1.54, 1.807) is 30.3 Å². The van der Waals surface area contributed by atoms with Crippen LogP contribution in [0.15, 0.2) is 103 Å². The first-order chi connectivity index (χ1) is 19.0. The summed E-state index contributed by atoms with van der Waals surface area (Å²) < 4.78 is 15.1. The highest BCUT2D eigenvalue weighted by atomic mass is 19.1. The maximum absolute atomic E-state index is 15.1. The number of hydrogen-bond donors (Lipinski definition) is 1. The molecule has 3 aliphatic rings. The highest BCUT2D eigenvalue weighted by molar-refractivity contribution is 6.18. The zero-order chi connectivity index (χ0) is 26.7. The van der Waals surface area contributed by atoms with Crippen LogP contribution in [0.4, 0.5) is 15.8 Å². The van der Waals surface area contributed by atoms with Crippen LogP contribution in [0, 0.1) is 11.7 Å². The van der Waals surface area contributed by atoms with E-state index in [1.165, 1.54) is 24.4 Å². The Kier molecular flexibility index (Phi) is 5.10. The molecule has 0 bridgehead atoms. The molecule has 7 heteroatoms. The zero-order valence-corrected chi connectivity index (χ0v) is 20.6. The van der Waals surface area contributed by atoms with Crippen LogP contribution in [-0.2, 0) is 10.2 Å². The number of aromatic nitrogens is 1.